The van der Waals surface area contributed by atoms with Crippen molar-refractivity contribution >= 4 is 28.5 Å². The van der Waals surface area contributed by atoms with Crippen LogP contribution in [-0.2, 0) is 9.53 Å². The molecule has 0 spiro atoms. The maximum Gasteiger partial charge on any atom is 0.331 e. The Bertz CT molecular complexity index is 981. The van der Waals surface area contributed by atoms with E-state index in [9.17, 15) is 4.79 Å². The van der Waals surface area contributed by atoms with Gasteiger partial charge in [-0.1, -0.05) is 54.6 Å². The maximum absolute atomic E-state index is 12.1. The van der Waals surface area contributed by atoms with E-state index in [0.717, 1.165) is 27.5 Å². The molecule has 0 aliphatic carbocycles. The number of ether oxygens (including phenoxy) is 1. The summed E-state index contributed by atoms with van der Waals surface area (Å²) in [5.41, 5.74) is 9.31. The van der Waals surface area contributed by atoms with Crippen molar-refractivity contribution in [3.63, 3.8) is 0 Å². The third kappa shape index (κ3) is 3.94. The van der Waals surface area contributed by atoms with Crippen molar-refractivity contribution in [2.75, 3.05) is 5.73 Å². The van der Waals surface area contributed by atoms with Gasteiger partial charge < -0.3 is 10.5 Å². The summed E-state index contributed by atoms with van der Waals surface area (Å²) in [7, 11) is 0. The first-order valence-corrected chi connectivity index (χ1v) is 8.63. The lowest BCUT2D eigenvalue weighted by atomic mass is 9.92. The van der Waals surface area contributed by atoms with Gasteiger partial charge in [-0.3, -0.25) is 0 Å². The van der Waals surface area contributed by atoms with Crippen LogP contribution in [0.3, 0.4) is 0 Å². The zero-order chi connectivity index (χ0) is 18.7. The summed E-state index contributed by atoms with van der Waals surface area (Å²) in [4.78, 5) is 12.1. The van der Waals surface area contributed by atoms with Gasteiger partial charge >= 0.3 is 5.97 Å². The van der Waals surface area contributed by atoms with Crippen molar-refractivity contribution in [1.29, 1.82) is 0 Å². The molecule has 3 heteroatoms. The molecule has 3 rings (SSSR count). The molecule has 132 valence electrons. The first-order chi connectivity index (χ1) is 12.3. The Hall–Kier alpha value is -3.07. The molecule has 0 aliphatic rings. The van der Waals surface area contributed by atoms with Crippen LogP contribution in [0.2, 0.25) is 0 Å². The van der Waals surface area contributed by atoms with Gasteiger partial charge in [0.15, 0.2) is 0 Å². The Labute approximate surface area is 154 Å². The average Bonchev–Trinajstić information content (AvgIpc) is 2.58. The molecular formula is C23H23NO2. The Morgan fingerprint density at radius 1 is 0.962 bits per heavy atom. The highest BCUT2D eigenvalue weighted by molar-refractivity contribution is 6.04. The van der Waals surface area contributed by atoms with E-state index in [1.54, 1.807) is 6.08 Å². The van der Waals surface area contributed by atoms with Gasteiger partial charge in [0.1, 0.15) is 5.60 Å². The molecule has 26 heavy (non-hydrogen) atoms. The number of benzene rings is 3. The molecule has 0 saturated carbocycles. The number of anilines is 1. The number of nitrogen functional groups attached to an aromatic ring is 1. The number of carbonyl (C=O) groups excluding carboxylic acids is 1. The molecule has 2 N–H and O–H groups in total. The molecule has 3 aromatic carbocycles. The lowest BCUT2D eigenvalue weighted by molar-refractivity contribution is -0.148. The van der Waals surface area contributed by atoms with Crippen LogP contribution in [0, 0.1) is 0 Å². The molecule has 0 saturated heterocycles. The van der Waals surface area contributed by atoms with E-state index in [1.165, 1.54) is 6.08 Å². The molecule has 0 atom stereocenters. The third-order valence-corrected chi connectivity index (χ3v) is 4.00. The fraction of sp³-hybridized carbons (Fsp3) is 0.174. The summed E-state index contributed by atoms with van der Waals surface area (Å²) in [6.45, 7) is 5.56. The summed E-state index contributed by atoms with van der Waals surface area (Å²) >= 11 is 0. The third-order valence-electron chi connectivity index (χ3n) is 4.00. The number of carbonyl (C=O) groups is 1. The van der Waals surface area contributed by atoms with E-state index in [-0.39, 0.29) is 5.97 Å². The van der Waals surface area contributed by atoms with Crippen molar-refractivity contribution in [2.45, 2.75) is 26.4 Å². The lowest BCUT2D eigenvalue weighted by Crippen LogP contribution is -2.22. The molecule has 0 bridgehead atoms. The Morgan fingerprint density at radius 3 is 2.38 bits per heavy atom. The zero-order valence-electron chi connectivity index (χ0n) is 15.3. The predicted molar refractivity (Wildman–Crippen MR) is 109 cm³/mol. The van der Waals surface area contributed by atoms with Crippen LogP contribution < -0.4 is 5.73 Å². The highest BCUT2D eigenvalue weighted by Crippen LogP contribution is 2.36. The van der Waals surface area contributed by atoms with Crippen LogP contribution in [0.15, 0.2) is 66.7 Å². The van der Waals surface area contributed by atoms with Gasteiger partial charge in [0.05, 0.1) is 0 Å². The average molecular weight is 345 g/mol. The minimum Gasteiger partial charge on any atom is -0.457 e. The molecule has 3 aromatic rings. The van der Waals surface area contributed by atoms with Crippen LogP contribution in [-0.4, -0.2) is 11.6 Å². The molecule has 0 heterocycles. The van der Waals surface area contributed by atoms with Crippen molar-refractivity contribution < 1.29 is 9.53 Å². The second-order valence-electron chi connectivity index (χ2n) is 7.20. The first-order valence-electron chi connectivity index (χ1n) is 8.63. The minimum atomic E-state index is -0.516. The van der Waals surface area contributed by atoms with E-state index in [2.05, 4.69) is 12.1 Å². The van der Waals surface area contributed by atoms with Gasteiger partial charge in [0.25, 0.3) is 0 Å². The molecular weight excluding hydrogens is 322 g/mol. The zero-order valence-corrected chi connectivity index (χ0v) is 15.3. The maximum atomic E-state index is 12.1. The van der Waals surface area contributed by atoms with E-state index < -0.39 is 5.60 Å². The van der Waals surface area contributed by atoms with Crippen LogP contribution >= 0.6 is 0 Å². The number of nitrogens with two attached hydrogens (primary N) is 1. The first kappa shape index (κ1) is 17.7. The van der Waals surface area contributed by atoms with Gasteiger partial charge in [-0.2, -0.15) is 0 Å². The standard InChI is InChI=1S/C23H23NO2/c1-23(2,3)26-21(25)15-14-17-13-12-16-8-4-5-9-18(16)22(17)19-10-6-7-11-20(19)24/h4-15H,24H2,1-3H3/b15-14+. The van der Waals surface area contributed by atoms with Crippen LogP contribution in [0.25, 0.3) is 28.0 Å². The second kappa shape index (κ2) is 7.04. The number of fused-ring (bicyclic) bond motifs is 1. The number of rotatable bonds is 3. The van der Waals surface area contributed by atoms with Crippen molar-refractivity contribution in [1.82, 2.24) is 0 Å². The lowest BCUT2D eigenvalue weighted by Gasteiger charge is -2.18. The largest absolute Gasteiger partial charge is 0.457 e. The number of hydrogen-bond acceptors (Lipinski definition) is 3. The van der Waals surface area contributed by atoms with Crippen LogP contribution in [0.1, 0.15) is 26.3 Å². The molecule has 0 amide bonds. The predicted octanol–water partition coefficient (Wildman–Crippen LogP) is 5.44. The molecule has 0 unspecified atom stereocenters. The fourth-order valence-electron chi connectivity index (χ4n) is 2.95. The number of hydrogen-bond donors (Lipinski definition) is 1. The highest BCUT2D eigenvalue weighted by atomic mass is 16.6. The molecule has 0 aliphatic heterocycles. The smallest absolute Gasteiger partial charge is 0.331 e. The van der Waals surface area contributed by atoms with Gasteiger partial charge in [0, 0.05) is 17.3 Å². The van der Waals surface area contributed by atoms with E-state index in [0.29, 0.717) is 5.69 Å². The summed E-state index contributed by atoms with van der Waals surface area (Å²) in [5, 5.41) is 2.22. The minimum absolute atomic E-state index is 0.363. The number of para-hydroxylation sites is 1. The molecule has 3 nitrogen and oxygen atoms in total. The molecule has 0 fully saturated rings. The topological polar surface area (TPSA) is 52.3 Å². The normalized spacial score (nSPS) is 11.8. The Kier molecular flexibility index (Phi) is 4.81. The Morgan fingerprint density at radius 2 is 1.65 bits per heavy atom. The van der Waals surface area contributed by atoms with Gasteiger partial charge in [0.2, 0.25) is 0 Å². The monoisotopic (exact) mass is 345 g/mol. The number of esters is 1. The quantitative estimate of drug-likeness (QED) is 0.390. The summed E-state index contributed by atoms with van der Waals surface area (Å²) in [5.74, 6) is -0.363. The van der Waals surface area contributed by atoms with Crippen LogP contribution in [0.4, 0.5) is 5.69 Å². The second-order valence-corrected chi connectivity index (χ2v) is 7.20. The van der Waals surface area contributed by atoms with E-state index in [4.69, 9.17) is 10.5 Å². The van der Waals surface area contributed by atoms with E-state index >= 15 is 0 Å². The Balaban J connectivity index is 2.13. The highest BCUT2D eigenvalue weighted by Gasteiger charge is 2.15. The summed E-state index contributed by atoms with van der Waals surface area (Å²) in [6, 6.07) is 20.0. The molecule has 0 radical (unpaired) electrons. The fourth-order valence-corrected chi connectivity index (χ4v) is 2.95. The van der Waals surface area contributed by atoms with E-state index in [1.807, 2.05) is 69.3 Å². The van der Waals surface area contributed by atoms with Crippen LogP contribution in [0.5, 0.6) is 0 Å². The summed E-state index contributed by atoms with van der Waals surface area (Å²) < 4.78 is 5.37. The van der Waals surface area contributed by atoms with Crippen molar-refractivity contribution in [2.24, 2.45) is 0 Å². The SMILES string of the molecule is CC(C)(C)OC(=O)/C=C/c1ccc2ccccc2c1-c1ccccc1N. The molecule has 0 aromatic heterocycles. The summed E-state index contributed by atoms with van der Waals surface area (Å²) in [6.07, 6.45) is 3.26. The van der Waals surface area contributed by atoms with Gasteiger partial charge in [-0.05, 0) is 54.8 Å². The van der Waals surface area contributed by atoms with Crippen molar-refractivity contribution in [3.8, 4) is 11.1 Å². The van der Waals surface area contributed by atoms with Gasteiger partial charge in [-0.15, -0.1) is 0 Å². The van der Waals surface area contributed by atoms with Gasteiger partial charge in [-0.25, -0.2) is 4.79 Å². The van der Waals surface area contributed by atoms with Crippen molar-refractivity contribution in [3.05, 3.63) is 72.3 Å².